The van der Waals surface area contributed by atoms with Crippen molar-refractivity contribution in [2.45, 2.75) is 25.2 Å². The Balaban J connectivity index is 2.52. The van der Waals surface area contributed by atoms with Crippen molar-refractivity contribution in [2.75, 3.05) is 30.3 Å². The van der Waals surface area contributed by atoms with Gasteiger partial charge in [-0.05, 0) is 44.0 Å². The number of hydrogen-bond donors (Lipinski definition) is 1. The quantitative estimate of drug-likeness (QED) is 0.896. The predicted octanol–water partition coefficient (Wildman–Crippen LogP) is 1.25. The van der Waals surface area contributed by atoms with Crippen LogP contribution in [0.25, 0.3) is 0 Å². The lowest BCUT2D eigenvalue weighted by Gasteiger charge is -2.32. The number of fused-ring (bicyclic) bond motifs is 1. The molecule has 0 aromatic heterocycles. The van der Waals surface area contributed by atoms with Crippen molar-refractivity contribution in [3.8, 4) is 0 Å². The normalized spacial score (nSPS) is 17.6. The van der Waals surface area contributed by atoms with Gasteiger partial charge in [-0.15, -0.1) is 0 Å². The highest BCUT2D eigenvalue weighted by Gasteiger charge is 2.29. The Kier molecular flexibility index (Phi) is 3.64. The second kappa shape index (κ2) is 4.90. The molecule has 1 heterocycles. The average molecular weight is 268 g/mol. The lowest BCUT2D eigenvalue weighted by molar-refractivity contribution is 0.588. The van der Waals surface area contributed by atoms with Gasteiger partial charge in [0.25, 0.3) is 0 Å². The van der Waals surface area contributed by atoms with E-state index in [2.05, 4.69) is 4.90 Å². The first-order valence-corrected chi connectivity index (χ1v) is 7.90. The predicted molar refractivity (Wildman–Crippen MR) is 73.9 cm³/mol. The Hall–Kier alpha value is -1.07. The summed E-state index contributed by atoms with van der Waals surface area (Å²) in [5.74, 6) is 0.202. The van der Waals surface area contributed by atoms with Crippen LogP contribution >= 0.6 is 0 Å². The maximum Gasteiger partial charge on any atom is 0.182 e. The third-order valence-corrected chi connectivity index (χ3v) is 5.02. The maximum atomic E-state index is 12.1. The Morgan fingerprint density at radius 3 is 2.72 bits per heavy atom. The van der Waals surface area contributed by atoms with Gasteiger partial charge >= 0.3 is 0 Å². The largest absolute Gasteiger partial charge is 0.369 e. The van der Waals surface area contributed by atoms with Gasteiger partial charge in [-0.1, -0.05) is 6.07 Å². The van der Waals surface area contributed by atoms with Gasteiger partial charge in [0, 0.05) is 13.1 Å². The molecule has 5 heteroatoms. The summed E-state index contributed by atoms with van der Waals surface area (Å²) in [7, 11) is -3.12. The van der Waals surface area contributed by atoms with E-state index in [9.17, 15) is 8.42 Å². The first-order chi connectivity index (χ1) is 8.45. The molecule has 1 aromatic rings. The minimum absolute atomic E-state index is 0.202. The molecule has 1 aliphatic heterocycles. The molecule has 0 aliphatic carbocycles. The van der Waals surface area contributed by atoms with E-state index in [0.717, 1.165) is 29.8 Å². The van der Waals surface area contributed by atoms with Crippen LogP contribution in [-0.4, -0.2) is 33.8 Å². The lowest BCUT2D eigenvalue weighted by Crippen LogP contribution is -2.37. The van der Waals surface area contributed by atoms with E-state index >= 15 is 0 Å². The number of hydrogen-bond acceptors (Lipinski definition) is 4. The number of benzene rings is 1. The highest BCUT2D eigenvalue weighted by molar-refractivity contribution is 7.91. The maximum absolute atomic E-state index is 12.1. The molecule has 0 saturated heterocycles. The van der Waals surface area contributed by atoms with Gasteiger partial charge in [0.15, 0.2) is 9.84 Å². The smallest absolute Gasteiger partial charge is 0.182 e. The van der Waals surface area contributed by atoms with Gasteiger partial charge in [0.2, 0.25) is 0 Å². The molecule has 2 N–H and O–H groups in total. The zero-order chi connectivity index (χ0) is 13.3. The van der Waals surface area contributed by atoms with Crippen LogP contribution in [0, 0.1) is 13.8 Å². The van der Waals surface area contributed by atoms with Crippen LogP contribution in [0.15, 0.2) is 17.0 Å². The molecule has 0 spiro atoms. The van der Waals surface area contributed by atoms with Crippen LogP contribution < -0.4 is 10.6 Å². The molecule has 18 heavy (non-hydrogen) atoms. The van der Waals surface area contributed by atoms with Crippen molar-refractivity contribution in [3.05, 3.63) is 23.3 Å². The van der Waals surface area contributed by atoms with Crippen LogP contribution in [-0.2, 0) is 9.84 Å². The third kappa shape index (κ3) is 2.37. The van der Waals surface area contributed by atoms with Crippen LogP contribution in [0.5, 0.6) is 0 Å². The number of nitrogens with zero attached hydrogens (tertiary/aromatic N) is 1. The van der Waals surface area contributed by atoms with E-state index in [0.29, 0.717) is 18.0 Å². The molecular formula is C13H20N2O2S. The van der Waals surface area contributed by atoms with Crippen molar-refractivity contribution >= 4 is 15.5 Å². The monoisotopic (exact) mass is 268 g/mol. The number of rotatable bonds is 3. The second-order valence-corrected chi connectivity index (χ2v) is 6.95. The fourth-order valence-electron chi connectivity index (χ4n) is 2.52. The van der Waals surface area contributed by atoms with Crippen molar-refractivity contribution < 1.29 is 8.42 Å². The summed E-state index contributed by atoms with van der Waals surface area (Å²) in [5, 5.41) is 0. The van der Waals surface area contributed by atoms with E-state index in [1.807, 2.05) is 19.9 Å². The van der Waals surface area contributed by atoms with E-state index in [1.54, 1.807) is 6.07 Å². The van der Waals surface area contributed by atoms with Gasteiger partial charge in [-0.2, -0.15) is 0 Å². The Bertz CT molecular complexity index is 552. The average Bonchev–Trinajstić information content (AvgIpc) is 2.29. The molecule has 1 aliphatic rings. The lowest BCUT2D eigenvalue weighted by atomic mass is 10.1. The topological polar surface area (TPSA) is 63.4 Å². The van der Waals surface area contributed by atoms with E-state index in [1.165, 1.54) is 0 Å². The van der Waals surface area contributed by atoms with Crippen LogP contribution in [0.3, 0.4) is 0 Å². The third-order valence-electron chi connectivity index (χ3n) is 3.32. The van der Waals surface area contributed by atoms with Crippen LogP contribution in [0.4, 0.5) is 5.69 Å². The SMILES string of the molecule is Cc1cc(C)c2c(c1)S(=O)(=O)CCN2CCCN. The molecule has 0 fully saturated rings. The van der Waals surface area contributed by atoms with Crippen molar-refractivity contribution in [1.29, 1.82) is 0 Å². The van der Waals surface area contributed by atoms with Gasteiger partial charge in [0.1, 0.15) is 0 Å². The first-order valence-electron chi connectivity index (χ1n) is 6.25. The molecule has 0 radical (unpaired) electrons. The van der Waals surface area contributed by atoms with Crippen LogP contribution in [0.2, 0.25) is 0 Å². The van der Waals surface area contributed by atoms with Gasteiger partial charge in [-0.25, -0.2) is 8.42 Å². The highest BCUT2D eigenvalue weighted by Crippen LogP contribution is 2.34. The molecule has 2 rings (SSSR count). The Morgan fingerprint density at radius 1 is 1.33 bits per heavy atom. The van der Waals surface area contributed by atoms with E-state index in [-0.39, 0.29) is 5.75 Å². The summed E-state index contributed by atoms with van der Waals surface area (Å²) < 4.78 is 24.3. The summed E-state index contributed by atoms with van der Waals surface area (Å²) in [6, 6.07) is 3.82. The summed E-state index contributed by atoms with van der Waals surface area (Å²) in [6.45, 7) is 5.93. The number of aryl methyl sites for hydroxylation is 2. The number of anilines is 1. The molecule has 4 nitrogen and oxygen atoms in total. The molecular weight excluding hydrogens is 248 g/mol. The minimum Gasteiger partial charge on any atom is -0.369 e. The minimum atomic E-state index is -3.12. The number of sulfone groups is 1. The first kappa shape index (κ1) is 13.4. The molecule has 0 bridgehead atoms. The van der Waals surface area contributed by atoms with Gasteiger partial charge < -0.3 is 10.6 Å². The Labute approximate surface area is 109 Å². The van der Waals surface area contributed by atoms with Crippen molar-refractivity contribution in [3.63, 3.8) is 0 Å². The summed E-state index contributed by atoms with van der Waals surface area (Å²) in [5.41, 5.74) is 8.44. The number of nitrogens with two attached hydrogens (primary N) is 1. The van der Waals surface area contributed by atoms with E-state index in [4.69, 9.17) is 5.73 Å². The summed E-state index contributed by atoms with van der Waals surface area (Å²) in [6.07, 6.45) is 0.882. The van der Waals surface area contributed by atoms with Gasteiger partial charge in [-0.3, -0.25) is 0 Å². The van der Waals surface area contributed by atoms with E-state index < -0.39 is 9.84 Å². The fourth-order valence-corrected chi connectivity index (χ4v) is 4.15. The molecule has 0 saturated carbocycles. The summed E-state index contributed by atoms with van der Waals surface area (Å²) in [4.78, 5) is 2.64. The zero-order valence-corrected chi connectivity index (χ0v) is 11.8. The second-order valence-electron chi connectivity index (χ2n) is 4.88. The van der Waals surface area contributed by atoms with Crippen LogP contribution in [0.1, 0.15) is 17.5 Å². The highest BCUT2D eigenvalue weighted by atomic mass is 32.2. The van der Waals surface area contributed by atoms with Gasteiger partial charge in [0.05, 0.1) is 16.3 Å². The molecule has 1 aromatic carbocycles. The molecule has 0 amide bonds. The standard InChI is InChI=1S/C13H20N2O2S/c1-10-8-11(2)13-12(9-10)18(16,17)7-6-15(13)5-3-4-14/h8-9H,3-7,14H2,1-2H3. The zero-order valence-electron chi connectivity index (χ0n) is 10.9. The molecule has 100 valence electrons. The van der Waals surface area contributed by atoms with Crippen molar-refractivity contribution in [1.82, 2.24) is 0 Å². The fraction of sp³-hybridized carbons (Fsp3) is 0.538. The molecule has 0 unspecified atom stereocenters. The summed E-state index contributed by atoms with van der Waals surface area (Å²) >= 11 is 0. The van der Waals surface area contributed by atoms with Crippen molar-refractivity contribution in [2.24, 2.45) is 5.73 Å². The molecule has 0 atom stereocenters. The Morgan fingerprint density at radius 2 is 2.06 bits per heavy atom.